The minimum Gasteiger partial charge on any atom is -0.396 e. The van der Waals surface area contributed by atoms with Crippen LogP contribution in [-0.4, -0.2) is 9.78 Å². The number of alkyl halides is 3. The third kappa shape index (κ3) is 2.30. The third-order valence-electron chi connectivity index (χ3n) is 2.91. The van der Waals surface area contributed by atoms with E-state index in [4.69, 9.17) is 5.73 Å². The molecule has 2 rings (SSSR count). The minimum atomic E-state index is -4.54. The van der Waals surface area contributed by atoms with Crippen molar-refractivity contribution >= 4 is 5.69 Å². The zero-order valence-electron chi connectivity index (χ0n) is 10.8. The lowest BCUT2D eigenvalue weighted by molar-refractivity contribution is -0.142. The summed E-state index contributed by atoms with van der Waals surface area (Å²) in [6.45, 7) is 5.41. The van der Waals surface area contributed by atoms with Crippen LogP contribution in [0, 0.1) is 20.8 Å². The van der Waals surface area contributed by atoms with Crippen molar-refractivity contribution < 1.29 is 13.2 Å². The molecule has 1 aromatic carbocycles. The molecule has 6 heteroatoms. The lowest BCUT2D eigenvalue weighted by Crippen LogP contribution is -2.16. The molecule has 0 bridgehead atoms. The number of nitrogens with two attached hydrogens (primary N) is 1. The maximum atomic E-state index is 13.0. The van der Waals surface area contributed by atoms with Crippen molar-refractivity contribution in [3.05, 3.63) is 40.7 Å². The smallest absolute Gasteiger partial charge is 0.396 e. The molecule has 102 valence electrons. The summed E-state index contributed by atoms with van der Waals surface area (Å²) in [5.74, 6) is 0. The zero-order valence-corrected chi connectivity index (χ0v) is 10.8. The number of halogens is 3. The fourth-order valence-electron chi connectivity index (χ4n) is 2.32. The summed E-state index contributed by atoms with van der Waals surface area (Å²) < 4.78 is 40.0. The number of aromatic nitrogens is 2. The molecule has 0 aliphatic rings. The van der Waals surface area contributed by atoms with Crippen molar-refractivity contribution in [2.45, 2.75) is 26.9 Å². The van der Waals surface area contributed by atoms with Crippen LogP contribution < -0.4 is 5.73 Å². The molecule has 0 saturated carbocycles. The van der Waals surface area contributed by atoms with Crippen molar-refractivity contribution in [1.29, 1.82) is 0 Å². The Bertz CT molecular complexity index is 604. The average molecular weight is 269 g/mol. The van der Waals surface area contributed by atoms with Gasteiger partial charge >= 0.3 is 6.18 Å². The molecule has 0 aliphatic carbocycles. The molecule has 19 heavy (non-hydrogen) atoms. The maximum Gasteiger partial charge on any atom is 0.435 e. The summed E-state index contributed by atoms with van der Waals surface area (Å²) in [5.41, 5.74) is 6.97. The second kappa shape index (κ2) is 4.29. The van der Waals surface area contributed by atoms with Crippen molar-refractivity contribution in [3.8, 4) is 5.69 Å². The highest BCUT2D eigenvalue weighted by molar-refractivity contribution is 5.54. The van der Waals surface area contributed by atoms with Crippen molar-refractivity contribution in [2.24, 2.45) is 0 Å². The largest absolute Gasteiger partial charge is 0.435 e. The summed E-state index contributed by atoms with van der Waals surface area (Å²) in [7, 11) is 0. The molecular formula is C13H14F3N3. The van der Waals surface area contributed by atoms with Crippen molar-refractivity contribution in [3.63, 3.8) is 0 Å². The summed E-state index contributed by atoms with van der Waals surface area (Å²) in [6, 6.07) is 3.64. The van der Waals surface area contributed by atoms with Crippen LogP contribution in [0.15, 0.2) is 18.3 Å². The molecule has 1 aromatic heterocycles. The molecule has 1 heterocycles. The first-order valence-electron chi connectivity index (χ1n) is 5.70. The third-order valence-corrected chi connectivity index (χ3v) is 2.91. The van der Waals surface area contributed by atoms with Crippen LogP contribution in [0.2, 0.25) is 0 Å². The quantitative estimate of drug-likeness (QED) is 0.862. The Balaban J connectivity index is 2.74. The van der Waals surface area contributed by atoms with Gasteiger partial charge in [-0.05, 0) is 31.9 Å². The normalized spacial score (nSPS) is 11.9. The molecule has 2 aromatic rings. The summed E-state index contributed by atoms with van der Waals surface area (Å²) >= 11 is 0. The van der Waals surface area contributed by atoms with E-state index in [2.05, 4.69) is 5.10 Å². The first kappa shape index (κ1) is 13.5. The van der Waals surface area contributed by atoms with Crippen LogP contribution in [0.25, 0.3) is 5.69 Å². The highest BCUT2D eigenvalue weighted by Gasteiger charge is 2.38. The van der Waals surface area contributed by atoms with Gasteiger partial charge in [-0.2, -0.15) is 18.3 Å². The fraction of sp³-hybridized carbons (Fsp3) is 0.308. The van der Waals surface area contributed by atoms with Gasteiger partial charge in [0.15, 0.2) is 5.69 Å². The van der Waals surface area contributed by atoms with Gasteiger partial charge in [0.2, 0.25) is 0 Å². The van der Waals surface area contributed by atoms with E-state index in [1.54, 1.807) is 13.8 Å². The van der Waals surface area contributed by atoms with E-state index in [1.807, 2.05) is 19.1 Å². The SMILES string of the molecule is Cc1cc(C)c(-n2ncc(N)c2C(F)(F)F)c(C)c1. The van der Waals surface area contributed by atoms with Crippen molar-refractivity contribution in [1.82, 2.24) is 9.78 Å². The predicted octanol–water partition coefficient (Wildman–Crippen LogP) is 3.40. The highest BCUT2D eigenvalue weighted by atomic mass is 19.4. The van der Waals surface area contributed by atoms with Gasteiger partial charge in [-0.15, -0.1) is 0 Å². The lowest BCUT2D eigenvalue weighted by Gasteiger charge is -2.16. The molecule has 0 fully saturated rings. The van der Waals surface area contributed by atoms with Crippen LogP contribution in [0.4, 0.5) is 18.9 Å². The van der Waals surface area contributed by atoms with Gasteiger partial charge in [-0.3, -0.25) is 0 Å². The van der Waals surface area contributed by atoms with Gasteiger partial charge in [0.25, 0.3) is 0 Å². The fourth-order valence-corrected chi connectivity index (χ4v) is 2.32. The van der Waals surface area contributed by atoms with Gasteiger partial charge < -0.3 is 5.73 Å². The van der Waals surface area contributed by atoms with E-state index in [0.29, 0.717) is 5.69 Å². The van der Waals surface area contributed by atoms with Crippen LogP contribution >= 0.6 is 0 Å². The summed E-state index contributed by atoms with van der Waals surface area (Å²) in [6.07, 6.45) is -3.51. The Labute approximate surface area is 108 Å². The first-order valence-corrected chi connectivity index (χ1v) is 5.70. The Morgan fingerprint density at radius 1 is 1.11 bits per heavy atom. The van der Waals surface area contributed by atoms with E-state index in [1.165, 1.54) is 0 Å². The Kier molecular flexibility index (Phi) is 3.04. The molecule has 0 unspecified atom stereocenters. The second-order valence-corrected chi connectivity index (χ2v) is 4.61. The van der Waals surface area contributed by atoms with E-state index in [0.717, 1.165) is 27.6 Å². The molecule has 0 saturated heterocycles. The van der Waals surface area contributed by atoms with Crippen LogP contribution in [-0.2, 0) is 6.18 Å². The monoisotopic (exact) mass is 269 g/mol. The number of anilines is 1. The molecule has 0 amide bonds. The summed E-state index contributed by atoms with van der Waals surface area (Å²) in [4.78, 5) is 0. The van der Waals surface area contributed by atoms with E-state index in [9.17, 15) is 13.2 Å². The van der Waals surface area contributed by atoms with Crippen LogP contribution in [0.1, 0.15) is 22.4 Å². The van der Waals surface area contributed by atoms with Gasteiger partial charge in [-0.1, -0.05) is 17.7 Å². The molecule has 0 aliphatic heterocycles. The molecule has 0 radical (unpaired) electrons. The number of benzene rings is 1. The maximum absolute atomic E-state index is 13.0. The second-order valence-electron chi connectivity index (χ2n) is 4.61. The molecule has 3 nitrogen and oxygen atoms in total. The lowest BCUT2D eigenvalue weighted by atomic mass is 10.1. The van der Waals surface area contributed by atoms with Gasteiger partial charge in [0.05, 0.1) is 17.6 Å². The Morgan fingerprint density at radius 2 is 1.63 bits per heavy atom. The van der Waals surface area contributed by atoms with Crippen molar-refractivity contribution in [2.75, 3.05) is 5.73 Å². The number of nitrogens with zero attached hydrogens (tertiary/aromatic N) is 2. The zero-order chi connectivity index (χ0) is 14.4. The number of aryl methyl sites for hydroxylation is 3. The Morgan fingerprint density at radius 3 is 2.11 bits per heavy atom. The van der Waals surface area contributed by atoms with Gasteiger partial charge in [-0.25, -0.2) is 4.68 Å². The molecule has 0 atom stereocenters. The van der Waals surface area contributed by atoms with Gasteiger partial charge in [0.1, 0.15) is 0 Å². The highest BCUT2D eigenvalue weighted by Crippen LogP contribution is 2.36. The minimum absolute atomic E-state index is 0.369. The predicted molar refractivity (Wildman–Crippen MR) is 67.2 cm³/mol. The molecule has 0 spiro atoms. The summed E-state index contributed by atoms with van der Waals surface area (Å²) in [5, 5.41) is 3.78. The molecular weight excluding hydrogens is 255 g/mol. The Hall–Kier alpha value is -1.98. The first-order chi connectivity index (χ1) is 8.71. The number of nitrogen functional groups attached to an aromatic ring is 1. The van der Waals surface area contributed by atoms with E-state index in [-0.39, 0.29) is 5.69 Å². The average Bonchev–Trinajstić information content (AvgIpc) is 2.57. The van der Waals surface area contributed by atoms with Gasteiger partial charge in [0, 0.05) is 0 Å². The van der Waals surface area contributed by atoms with Crippen LogP contribution in [0.3, 0.4) is 0 Å². The number of rotatable bonds is 1. The number of hydrogen-bond donors (Lipinski definition) is 1. The number of hydrogen-bond acceptors (Lipinski definition) is 2. The topological polar surface area (TPSA) is 43.8 Å². The van der Waals surface area contributed by atoms with E-state index >= 15 is 0 Å². The standard InChI is InChI=1S/C13H14F3N3/c1-7-4-8(2)11(9(3)5-7)19-12(13(14,15)16)10(17)6-18-19/h4-6H,17H2,1-3H3. The van der Waals surface area contributed by atoms with Crippen LogP contribution in [0.5, 0.6) is 0 Å². The van der Waals surface area contributed by atoms with E-state index < -0.39 is 11.9 Å². The molecule has 2 N–H and O–H groups in total.